The van der Waals surface area contributed by atoms with E-state index in [2.05, 4.69) is 10.1 Å². The summed E-state index contributed by atoms with van der Waals surface area (Å²) >= 11 is 0. The van der Waals surface area contributed by atoms with Crippen LogP contribution >= 0.6 is 0 Å². The maximum atomic E-state index is 12.7. The van der Waals surface area contributed by atoms with Crippen LogP contribution in [-0.2, 0) is 6.18 Å². The zero-order valence-corrected chi connectivity index (χ0v) is 8.49. The summed E-state index contributed by atoms with van der Waals surface area (Å²) in [5.74, 6) is -1.52. The van der Waals surface area contributed by atoms with Gasteiger partial charge in [0.25, 0.3) is 0 Å². The first-order chi connectivity index (χ1) is 7.79. The number of carbonyl (C=O) groups is 1. The van der Waals surface area contributed by atoms with Crippen molar-refractivity contribution in [3.05, 3.63) is 29.2 Å². The van der Waals surface area contributed by atoms with E-state index in [1.165, 1.54) is 13.0 Å². The molecule has 0 aliphatic carbocycles. The van der Waals surface area contributed by atoms with Crippen molar-refractivity contribution >= 4 is 11.6 Å². The zero-order chi connectivity index (χ0) is 12.8. The molecule has 2 aromatic rings. The highest BCUT2D eigenvalue weighted by molar-refractivity contribution is 5.86. The van der Waals surface area contributed by atoms with Crippen molar-refractivity contribution in [1.29, 1.82) is 0 Å². The van der Waals surface area contributed by atoms with Crippen LogP contribution in [0.25, 0.3) is 5.65 Å². The predicted octanol–water partition coefficient (Wildman–Crippen LogP) is 1.75. The van der Waals surface area contributed by atoms with Gasteiger partial charge in [-0.15, -0.1) is 0 Å². The molecule has 5 nitrogen and oxygen atoms in total. The first-order valence-electron chi connectivity index (χ1n) is 4.47. The lowest BCUT2D eigenvalue weighted by atomic mass is 10.3. The molecule has 1 N–H and O–H groups in total. The van der Waals surface area contributed by atoms with Gasteiger partial charge in [-0.2, -0.15) is 18.3 Å². The minimum absolute atomic E-state index is 0.144. The Morgan fingerprint density at radius 1 is 1.41 bits per heavy atom. The van der Waals surface area contributed by atoms with E-state index >= 15 is 0 Å². The summed E-state index contributed by atoms with van der Waals surface area (Å²) in [6.45, 7) is 1.50. The van der Waals surface area contributed by atoms with Gasteiger partial charge >= 0.3 is 12.1 Å². The molecule has 0 aliphatic rings. The lowest BCUT2D eigenvalue weighted by Gasteiger charge is -2.09. The number of hydrogen-bond acceptors (Lipinski definition) is 3. The Morgan fingerprint density at radius 2 is 2.06 bits per heavy atom. The predicted molar refractivity (Wildman–Crippen MR) is 49.7 cm³/mol. The first kappa shape index (κ1) is 11.4. The normalized spacial score (nSPS) is 12.0. The molecule has 17 heavy (non-hydrogen) atoms. The van der Waals surface area contributed by atoms with E-state index in [0.29, 0.717) is 16.3 Å². The summed E-state index contributed by atoms with van der Waals surface area (Å²) in [6.07, 6.45) is -4.69. The lowest BCUT2D eigenvalue weighted by molar-refractivity contribution is -0.142. The zero-order valence-electron chi connectivity index (χ0n) is 8.49. The molecular weight excluding hydrogens is 239 g/mol. The maximum Gasteiger partial charge on any atom is 0.433 e. The molecular formula is C9H6F3N3O2. The molecule has 0 radical (unpaired) electrons. The summed E-state index contributed by atoms with van der Waals surface area (Å²) in [7, 11) is 0. The van der Waals surface area contributed by atoms with Gasteiger partial charge in [-0.3, -0.25) is 0 Å². The molecule has 0 saturated heterocycles. The van der Waals surface area contributed by atoms with Crippen LogP contribution in [0.2, 0.25) is 0 Å². The van der Waals surface area contributed by atoms with E-state index in [4.69, 9.17) is 5.11 Å². The van der Waals surface area contributed by atoms with Crippen molar-refractivity contribution in [1.82, 2.24) is 14.6 Å². The molecule has 0 fully saturated rings. The Hall–Kier alpha value is -2.12. The second-order valence-electron chi connectivity index (χ2n) is 3.39. The highest BCUT2D eigenvalue weighted by Crippen LogP contribution is 2.29. The molecule has 0 spiro atoms. The standard InChI is InChI=1S/C9H6F3N3O2/c1-4-2-7-13-5(8(16)17)3-6(9(10,11)12)15(7)14-4/h2-3H,1H3,(H,16,17). The molecule has 2 heterocycles. The fourth-order valence-electron chi connectivity index (χ4n) is 1.40. The van der Waals surface area contributed by atoms with Gasteiger partial charge < -0.3 is 5.11 Å². The monoisotopic (exact) mass is 245 g/mol. The van der Waals surface area contributed by atoms with Crippen molar-refractivity contribution < 1.29 is 23.1 Å². The topological polar surface area (TPSA) is 67.5 Å². The quantitative estimate of drug-likeness (QED) is 0.831. The average Bonchev–Trinajstić information content (AvgIpc) is 2.54. The maximum absolute atomic E-state index is 12.7. The summed E-state index contributed by atoms with van der Waals surface area (Å²) in [5.41, 5.74) is -1.64. The van der Waals surface area contributed by atoms with Crippen LogP contribution in [0.4, 0.5) is 13.2 Å². The van der Waals surface area contributed by atoms with Gasteiger partial charge in [0, 0.05) is 12.1 Å². The van der Waals surface area contributed by atoms with Crippen molar-refractivity contribution in [2.24, 2.45) is 0 Å². The third kappa shape index (κ3) is 1.93. The number of carboxylic acid groups (broad SMARTS) is 1. The molecule has 8 heteroatoms. The Morgan fingerprint density at radius 3 is 2.59 bits per heavy atom. The third-order valence-electron chi connectivity index (χ3n) is 2.06. The van der Waals surface area contributed by atoms with Gasteiger partial charge in [-0.05, 0) is 6.92 Å². The van der Waals surface area contributed by atoms with Gasteiger partial charge in [-0.25, -0.2) is 14.3 Å². The fourth-order valence-corrected chi connectivity index (χ4v) is 1.40. The second kappa shape index (κ2) is 3.44. The van der Waals surface area contributed by atoms with E-state index in [1.807, 2.05) is 0 Å². The smallest absolute Gasteiger partial charge is 0.433 e. The molecule has 0 unspecified atom stereocenters. The number of nitrogens with zero attached hydrogens (tertiary/aromatic N) is 3. The molecule has 2 rings (SSSR count). The molecule has 0 aromatic carbocycles. The molecule has 0 bridgehead atoms. The van der Waals surface area contributed by atoms with Crippen molar-refractivity contribution in [3.8, 4) is 0 Å². The largest absolute Gasteiger partial charge is 0.477 e. The second-order valence-corrected chi connectivity index (χ2v) is 3.39. The first-order valence-corrected chi connectivity index (χ1v) is 4.47. The molecule has 0 amide bonds. The van der Waals surface area contributed by atoms with E-state index < -0.39 is 23.5 Å². The summed E-state index contributed by atoms with van der Waals surface area (Å²) in [6, 6.07) is 1.74. The Balaban J connectivity index is 2.82. The minimum Gasteiger partial charge on any atom is -0.477 e. The number of hydrogen-bond donors (Lipinski definition) is 1. The molecule has 0 aliphatic heterocycles. The molecule has 0 atom stereocenters. The molecule has 90 valence electrons. The van der Waals surface area contributed by atoms with Crippen LogP contribution in [0.3, 0.4) is 0 Å². The van der Waals surface area contributed by atoms with Gasteiger partial charge in [-0.1, -0.05) is 0 Å². The van der Waals surface area contributed by atoms with E-state index in [-0.39, 0.29) is 5.65 Å². The third-order valence-corrected chi connectivity index (χ3v) is 2.06. The number of rotatable bonds is 1. The number of fused-ring (bicyclic) bond motifs is 1. The van der Waals surface area contributed by atoms with Gasteiger partial charge in [0.1, 0.15) is 0 Å². The highest BCUT2D eigenvalue weighted by Gasteiger charge is 2.35. The molecule has 0 saturated carbocycles. The fraction of sp³-hybridized carbons (Fsp3) is 0.222. The van der Waals surface area contributed by atoms with E-state index in [0.717, 1.165) is 0 Å². The highest BCUT2D eigenvalue weighted by atomic mass is 19.4. The van der Waals surface area contributed by atoms with Crippen molar-refractivity contribution in [2.75, 3.05) is 0 Å². The number of aromatic carboxylic acids is 1. The van der Waals surface area contributed by atoms with E-state index in [1.54, 1.807) is 0 Å². The number of halogens is 3. The van der Waals surface area contributed by atoms with Crippen molar-refractivity contribution in [2.45, 2.75) is 13.1 Å². The number of alkyl halides is 3. The van der Waals surface area contributed by atoms with Gasteiger partial charge in [0.2, 0.25) is 0 Å². The SMILES string of the molecule is Cc1cc2nc(C(=O)O)cc(C(F)(F)F)n2n1. The van der Waals surface area contributed by atoms with Crippen LogP contribution in [0.5, 0.6) is 0 Å². The summed E-state index contributed by atoms with van der Waals surface area (Å²) in [5, 5.41) is 12.3. The van der Waals surface area contributed by atoms with Crippen LogP contribution in [-0.4, -0.2) is 25.7 Å². The van der Waals surface area contributed by atoms with Crippen LogP contribution in [0.1, 0.15) is 21.9 Å². The van der Waals surface area contributed by atoms with Crippen molar-refractivity contribution in [3.63, 3.8) is 0 Å². The van der Waals surface area contributed by atoms with Crippen LogP contribution in [0.15, 0.2) is 12.1 Å². The van der Waals surface area contributed by atoms with Gasteiger partial charge in [0.05, 0.1) is 5.69 Å². The Kier molecular flexibility index (Phi) is 2.30. The van der Waals surface area contributed by atoms with Crippen LogP contribution in [0, 0.1) is 6.92 Å². The number of aryl methyl sites for hydroxylation is 1. The van der Waals surface area contributed by atoms with Crippen LogP contribution < -0.4 is 0 Å². The minimum atomic E-state index is -4.69. The summed E-state index contributed by atoms with van der Waals surface area (Å²) in [4.78, 5) is 14.2. The number of aromatic nitrogens is 3. The molecule has 2 aromatic heterocycles. The Labute approximate surface area is 92.5 Å². The average molecular weight is 245 g/mol. The summed E-state index contributed by atoms with van der Waals surface area (Å²) < 4.78 is 38.7. The number of carboxylic acids is 1. The van der Waals surface area contributed by atoms with Gasteiger partial charge in [0.15, 0.2) is 17.0 Å². The van der Waals surface area contributed by atoms with E-state index in [9.17, 15) is 18.0 Å². The lowest BCUT2D eigenvalue weighted by Crippen LogP contribution is -2.16. The Bertz CT molecular complexity index is 603.